The van der Waals surface area contributed by atoms with Crippen molar-refractivity contribution in [2.45, 2.75) is 0 Å². The van der Waals surface area contributed by atoms with E-state index in [0.717, 1.165) is 6.33 Å². The Morgan fingerprint density at radius 3 is 2.44 bits per heavy atom. The monoisotopic (exact) mass is 164 g/mol. The van der Waals surface area contributed by atoms with Crippen LogP contribution in [0.1, 0.15) is 0 Å². The Hall–Kier alpha value is -0.540. The molecule has 0 aliphatic rings. The van der Waals surface area contributed by atoms with E-state index in [0.29, 0.717) is 0 Å². The molecule has 0 atom stereocenters. The fraction of sp³-hybridized carbons (Fsp3) is 0. The first-order valence-corrected chi connectivity index (χ1v) is 2.82. The molecule has 1 aromatic rings. The lowest BCUT2D eigenvalue weighted by molar-refractivity contribution is 0.452. The molecule has 0 saturated heterocycles. The maximum atomic E-state index is 8.73. The van der Waals surface area contributed by atoms with Gasteiger partial charge in [0, 0.05) is 0 Å². The van der Waals surface area contributed by atoms with Crippen molar-refractivity contribution < 1.29 is 5.11 Å². The largest absolute Gasteiger partial charge is 0.492 e. The Morgan fingerprint density at radius 2 is 2.00 bits per heavy atom. The van der Waals surface area contributed by atoms with E-state index in [1.54, 1.807) is 0 Å². The highest BCUT2D eigenvalue weighted by Crippen LogP contribution is 2.25. The van der Waals surface area contributed by atoms with Gasteiger partial charge in [0.2, 0.25) is 5.88 Å². The Morgan fingerprint density at radius 1 is 1.33 bits per heavy atom. The predicted octanol–water partition coefficient (Wildman–Crippen LogP) is 1.49. The van der Waals surface area contributed by atoms with Crippen molar-refractivity contribution >= 4 is 23.2 Å². The Balaban J connectivity index is 3.25. The zero-order valence-electron chi connectivity index (χ0n) is 4.17. The zero-order valence-corrected chi connectivity index (χ0v) is 5.69. The molecule has 1 heterocycles. The van der Waals surface area contributed by atoms with Crippen molar-refractivity contribution in [3.63, 3.8) is 0 Å². The molecule has 1 aromatic heterocycles. The van der Waals surface area contributed by atoms with Crippen LogP contribution in [-0.2, 0) is 0 Å². The third-order valence-electron chi connectivity index (χ3n) is 0.729. The van der Waals surface area contributed by atoms with Gasteiger partial charge in [-0.1, -0.05) is 23.2 Å². The quantitative estimate of drug-likeness (QED) is 0.592. The third-order valence-corrected chi connectivity index (χ3v) is 1.46. The summed E-state index contributed by atoms with van der Waals surface area (Å²) < 4.78 is 0. The minimum absolute atomic E-state index is 0.0147. The minimum Gasteiger partial charge on any atom is -0.492 e. The van der Waals surface area contributed by atoms with Gasteiger partial charge in [-0.05, 0) is 0 Å². The molecular formula is C4H2Cl2N2O. The molecule has 3 nitrogen and oxygen atoms in total. The number of aromatic nitrogens is 2. The lowest BCUT2D eigenvalue weighted by Crippen LogP contribution is -1.79. The standard InChI is InChI=1S/C4H2Cl2N2O/c5-2-3(6)7-1-8-4(2)9/h1H,(H,7,8,9). The van der Waals surface area contributed by atoms with E-state index in [2.05, 4.69) is 9.97 Å². The number of nitrogens with zero attached hydrogens (tertiary/aromatic N) is 2. The van der Waals surface area contributed by atoms with Gasteiger partial charge < -0.3 is 5.11 Å². The van der Waals surface area contributed by atoms with E-state index >= 15 is 0 Å². The normalized spacial score (nSPS) is 9.56. The first-order valence-electron chi connectivity index (χ1n) is 2.07. The SMILES string of the molecule is Oc1ncnc(Cl)c1Cl. The highest BCUT2D eigenvalue weighted by Gasteiger charge is 2.02. The molecule has 5 heteroatoms. The summed E-state index contributed by atoms with van der Waals surface area (Å²) in [5.74, 6) is -0.295. The lowest BCUT2D eigenvalue weighted by atomic mass is 10.6. The highest BCUT2D eigenvalue weighted by atomic mass is 35.5. The van der Waals surface area contributed by atoms with Crippen LogP contribution in [0.15, 0.2) is 6.33 Å². The molecule has 0 unspecified atom stereocenters. The predicted molar refractivity (Wildman–Crippen MR) is 33.7 cm³/mol. The van der Waals surface area contributed by atoms with E-state index < -0.39 is 0 Å². The maximum absolute atomic E-state index is 8.73. The summed E-state index contributed by atoms with van der Waals surface area (Å²) in [7, 11) is 0. The van der Waals surface area contributed by atoms with E-state index in [9.17, 15) is 0 Å². The van der Waals surface area contributed by atoms with Crippen LogP contribution >= 0.6 is 23.2 Å². The van der Waals surface area contributed by atoms with E-state index in [-0.39, 0.29) is 16.1 Å². The summed E-state index contributed by atoms with van der Waals surface area (Å²) in [5.41, 5.74) is 0. The van der Waals surface area contributed by atoms with Crippen molar-refractivity contribution in [2.75, 3.05) is 0 Å². The molecule has 0 amide bonds. The zero-order chi connectivity index (χ0) is 6.85. The molecule has 1 N–H and O–H groups in total. The Bertz CT molecular complexity index is 208. The molecule has 0 fully saturated rings. The van der Waals surface area contributed by atoms with Crippen LogP contribution in [0.25, 0.3) is 0 Å². The number of hydrogen-bond donors (Lipinski definition) is 1. The molecule has 1 rings (SSSR count). The summed E-state index contributed by atoms with van der Waals surface area (Å²) in [5, 5.41) is 8.78. The third kappa shape index (κ3) is 1.23. The van der Waals surface area contributed by atoms with Crippen LogP contribution in [0.5, 0.6) is 5.88 Å². The van der Waals surface area contributed by atoms with Gasteiger partial charge in [0.1, 0.15) is 11.3 Å². The average molecular weight is 165 g/mol. The van der Waals surface area contributed by atoms with Crippen LogP contribution in [-0.4, -0.2) is 15.1 Å². The summed E-state index contributed by atoms with van der Waals surface area (Å²) in [4.78, 5) is 6.87. The summed E-state index contributed by atoms with van der Waals surface area (Å²) >= 11 is 10.7. The fourth-order valence-corrected chi connectivity index (χ4v) is 0.566. The summed E-state index contributed by atoms with van der Waals surface area (Å²) in [6.45, 7) is 0. The first kappa shape index (κ1) is 6.58. The van der Waals surface area contributed by atoms with Crippen LogP contribution < -0.4 is 0 Å². The molecule has 0 radical (unpaired) electrons. The van der Waals surface area contributed by atoms with Gasteiger partial charge in [-0.15, -0.1) is 0 Å². The molecular weight excluding hydrogens is 163 g/mol. The van der Waals surface area contributed by atoms with Gasteiger partial charge in [0.25, 0.3) is 0 Å². The summed E-state index contributed by atoms with van der Waals surface area (Å²) in [6, 6.07) is 0. The molecule has 48 valence electrons. The van der Waals surface area contributed by atoms with E-state index in [1.807, 2.05) is 0 Å². The topological polar surface area (TPSA) is 46.0 Å². The molecule has 0 saturated carbocycles. The van der Waals surface area contributed by atoms with Gasteiger partial charge in [-0.3, -0.25) is 0 Å². The second-order valence-electron chi connectivity index (χ2n) is 1.30. The molecule has 0 aliphatic carbocycles. The second kappa shape index (κ2) is 2.37. The second-order valence-corrected chi connectivity index (χ2v) is 2.04. The maximum Gasteiger partial charge on any atom is 0.234 e. The van der Waals surface area contributed by atoms with Gasteiger partial charge in [0.05, 0.1) is 0 Å². The van der Waals surface area contributed by atoms with Crippen molar-refractivity contribution in [1.29, 1.82) is 0 Å². The fourth-order valence-electron chi connectivity index (χ4n) is 0.340. The average Bonchev–Trinajstić information content (AvgIpc) is 1.83. The first-order chi connectivity index (χ1) is 4.22. The van der Waals surface area contributed by atoms with Crippen LogP contribution in [0.2, 0.25) is 10.2 Å². The van der Waals surface area contributed by atoms with Crippen LogP contribution in [0.3, 0.4) is 0 Å². The Kier molecular flexibility index (Phi) is 1.73. The lowest BCUT2D eigenvalue weighted by Gasteiger charge is -1.92. The number of hydrogen-bond acceptors (Lipinski definition) is 3. The minimum atomic E-state index is -0.295. The van der Waals surface area contributed by atoms with Crippen LogP contribution in [0, 0.1) is 0 Å². The smallest absolute Gasteiger partial charge is 0.234 e. The van der Waals surface area contributed by atoms with Gasteiger partial charge in [-0.2, -0.15) is 0 Å². The highest BCUT2D eigenvalue weighted by molar-refractivity contribution is 6.41. The molecule has 9 heavy (non-hydrogen) atoms. The van der Waals surface area contributed by atoms with Gasteiger partial charge in [-0.25, -0.2) is 9.97 Å². The Labute approximate surface area is 61.3 Å². The van der Waals surface area contributed by atoms with Crippen molar-refractivity contribution in [3.8, 4) is 5.88 Å². The number of aromatic hydroxyl groups is 1. The van der Waals surface area contributed by atoms with Crippen molar-refractivity contribution in [3.05, 3.63) is 16.5 Å². The number of halogens is 2. The molecule has 0 bridgehead atoms. The van der Waals surface area contributed by atoms with E-state index in [4.69, 9.17) is 28.3 Å². The molecule has 0 aliphatic heterocycles. The van der Waals surface area contributed by atoms with Crippen molar-refractivity contribution in [1.82, 2.24) is 9.97 Å². The van der Waals surface area contributed by atoms with Crippen LogP contribution in [0.4, 0.5) is 0 Å². The van der Waals surface area contributed by atoms with E-state index in [1.165, 1.54) is 0 Å². The number of rotatable bonds is 0. The van der Waals surface area contributed by atoms with Gasteiger partial charge in [0.15, 0.2) is 5.15 Å². The summed E-state index contributed by atoms with van der Waals surface area (Å²) in [6.07, 6.45) is 1.13. The van der Waals surface area contributed by atoms with Gasteiger partial charge >= 0.3 is 0 Å². The van der Waals surface area contributed by atoms with Crippen molar-refractivity contribution in [2.24, 2.45) is 0 Å². The molecule has 0 spiro atoms. The molecule has 0 aromatic carbocycles.